The maximum Gasteiger partial charge on any atom is 0.231 e. The lowest BCUT2D eigenvalue weighted by molar-refractivity contribution is 0.174. The predicted octanol–water partition coefficient (Wildman–Crippen LogP) is 2.73. The van der Waals surface area contributed by atoms with Gasteiger partial charge in [-0.3, -0.25) is 0 Å². The van der Waals surface area contributed by atoms with Crippen LogP contribution >= 0.6 is 11.6 Å². The first-order valence-corrected chi connectivity index (χ1v) is 4.78. The second-order valence-electron chi connectivity index (χ2n) is 2.88. The summed E-state index contributed by atoms with van der Waals surface area (Å²) in [5.74, 6) is 6.72. The topological polar surface area (TPSA) is 67.2 Å². The van der Waals surface area contributed by atoms with Crippen LogP contribution in [0, 0.1) is 11.8 Å². The number of benzene rings is 1. The van der Waals surface area contributed by atoms with Crippen molar-refractivity contribution in [3.63, 3.8) is 0 Å². The smallest absolute Gasteiger partial charge is 0.231 e. The highest BCUT2D eigenvalue weighted by Crippen LogP contribution is 2.36. The van der Waals surface area contributed by atoms with Gasteiger partial charge in [0.05, 0.1) is 11.6 Å². The molecule has 0 aliphatic carbocycles. The Bertz CT molecular complexity index is 527. The second-order valence-corrected chi connectivity index (χ2v) is 3.28. The van der Waals surface area contributed by atoms with Crippen LogP contribution in [-0.2, 0) is 0 Å². The molecule has 0 aromatic heterocycles. The van der Waals surface area contributed by atoms with Crippen LogP contribution in [-0.4, -0.2) is 13.3 Å². The molecular formula is C10H6ClN3O2. The van der Waals surface area contributed by atoms with E-state index in [4.69, 9.17) is 26.6 Å². The number of hydrogen-bond acceptors (Lipinski definition) is 3. The molecule has 16 heavy (non-hydrogen) atoms. The van der Waals surface area contributed by atoms with Crippen molar-refractivity contribution in [3.05, 3.63) is 33.2 Å². The van der Waals surface area contributed by atoms with Gasteiger partial charge in [-0.25, -0.2) is 0 Å². The lowest BCUT2D eigenvalue weighted by atomic mass is 10.2. The number of fused-ring (bicyclic) bond motifs is 1. The molecule has 0 atom stereocenters. The van der Waals surface area contributed by atoms with Gasteiger partial charge in [0, 0.05) is 22.6 Å². The third kappa shape index (κ3) is 2.14. The van der Waals surface area contributed by atoms with Crippen molar-refractivity contribution in [1.29, 1.82) is 0 Å². The van der Waals surface area contributed by atoms with Crippen LogP contribution in [0.25, 0.3) is 10.4 Å². The lowest BCUT2D eigenvalue weighted by Crippen LogP contribution is -1.92. The first-order chi connectivity index (χ1) is 7.81. The largest absolute Gasteiger partial charge is 0.454 e. The molecule has 0 saturated carbocycles. The van der Waals surface area contributed by atoms with E-state index in [1.54, 1.807) is 12.1 Å². The van der Waals surface area contributed by atoms with Gasteiger partial charge in [0.2, 0.25) is 6.79 Å². The van der Waals surface area contributed by atoms with E-state index < -0.39 is 0 Å². The van der Waals surface area contributed by atoms with E-state index in [1.807, 2.05) is 0 Å². The molecule has 0 radical (unpaired) electrons. The Labute approximate surface area is 96.5 Å². The summed E-state index contributed by atoms with van der Waals surface area (Å²) in [7, 11) is 0. The van der Waals surface area contributed by atoms with E-state index in [0.29, 0.717) is 22.1 Å². The third-order valence-corrected chi connectivity index (χ3v) is 2.21. The quantitative estimate of drug-likeness (QED) is 0.325. The van der Waals surface area contributed by atoms with Crippen molar-refractivity contribution in [3.8, 4) is 23.3 Å². The average molecular weight is 236 g/mol. The first-order valence-electron chi connectivity index (χ1n) is 4.40. The number of ether oxygens (including phenoxy) is 2. The molecule has 2 rings (SSSR count). The molecule has 0 N–H and O–H groups in total. The van der Waals surface area contributed by atoms with Gasteiger partial charge < -0.3 is 9.47 Å². The molecule has 0 spiro atoms. The summed E-state index contributed by atoms with van der Waals surface area (Å²) < 4.78 is 10.3. The van der Waals surface area contributed by atoms with E-state index >= 15 is 0 Å². The Hall–Kier alpha value is -2.02. The molecular weight excluding hydrogens is 230 g/mol. The molecule has 0 amide bonds. The molecule has 0 unspecified atom stereocenters. The number of azide groups is 1. The minimum Gasteiger partial charge on any atom is -0.454 e. The Morgan fingerprint density at radius 2 is 2.19 bits per heavy atom. The summed E-state index contributed by atoms with van der Waals surface area (Å²) in [4.78, 5) is 2.59. The number of halogens is 1. The Kier molecular flexibility index (Phi) is 3.06. The van der Waals surface area contributed by atoms with Gasteiger partial charge >= 0.3 is 0 Å². The maximum atomic E-state index is 8.07. The normalized spacial score (nSPS) is 11.3. The van der Waals surface area contributed by atoms with E-state index in [0.717, 1.165) is 0 Å². The fraction of sp³-hybridized carbons (Fsp3) is 0.200. The molecule has 5 nitrogen and oxygen atoms in total. The molecule has 0 fully saturated rings. The maximum absolute atomic E-state index is 8.07. The monoisotopic (exact) mass is 235 g/mol. The fourth-order valence-corrected chi connectivity index (χ4v) is 1.42. The van der Waals surface area contributed by atoms with Gasteiger partial charge in [-0.1, -0.05) is 28.6 Å². The summed E-state index contributed by atoms with van der Waals surface area (Å²) in [6, 6.07) is 3.36. The van der Waals surface area contributed by atoms with Gasteiger partial charge in [0.1, 0.15) is 0 Å². The van der Waals surface area contributed by atoms with Crippen molar-refractivity contribution >= 4 is 11.6 Å². The van der Waals surface area contributed by atoms with E-state index in [-0.39, 0.29) is 13.3 Å². The zero-order chi connectivity index (χ0) is 11.4. The van der Waals surface area contributed by atoms with Gasteiger partial charge in [-0.05, 0) is 5.53 Å². The molecule has 80 valence electrons. The molecule has 1 aliphatic heterocycles. The van der Waals surface area contributed by atoms with Gasteiger partial charge in [0.25, 0.3) is 0 Å². The summed E-state index contributed by atoms with van der Waals surface area (Å²) >= 11 is 5.98. The van der Waals surface area contributed by atoms with Crippen molar-refractivity contribution in [2.24, 2.45) is 5.11 Å². The van der Waals surface area contributed by atoms with Crippen LogP contribution in [0.15, 0.2) is 17.2 Å². The van der Waals surface area contributed by atoms with Crippen molar-refractivity contribution in [2.45, 2.75) is 0 Å². The molecule has 0 bridgehead atoms. The van der Waals surface area contributed by atoms with Gasteiger partial charge in [0.15, 0.2) is 11.5 Å². The number of nitrogens with zero attached hydrogens (tertiary/aromatic N) is 3. The predicted molar refractivity (Wildman–Crippen MR) is 58.5 cm³/mol. The molecule has 1 aliphatic rings. The Balaban J connectivity index is 2.26. The van der Waals surface area contributed by atoms with Crippen LogP contribution in [0.1, 0.15) is 5.56 Å². The fourth-order valence-electron chi connectivity index (χ4n) is 1.21. The Morgan fingerprint density at radius 1 is 1.44 bits per heavy atom. The summed E-state index contributed by atoms with van der Waals surface area (Å²) in [5, 5.41) is 3.78. The van der Waals surface area contributed by atoms with Gasteiger partial charge in [-0.15, -0.1) is 0 Å². The van der Waals surface area contributed by atoms with Crippen LogP contribution in [0.5, 0.6) is 11.5 Å². The number of hydrogen-bond donors (Lipinski definition) is 0. The molecule has 1 heterocycles. The summed E-state index contributed by atoms with van der Waals surface area (Å²) in [5.41, 5.74) is 8.70. The highest BCUT2D eigenvalue weighted by molar-refractivity contribution is 6.32. The highest BCUT2D eigenvalue weighted by atomic mass is 35.5. The third-order valence-electron chi connectivity index (χ3n) is 1.90. The molecule has 6 heteroatoms. The second kappa shape index (κ2) is 4.67. The Morgan fingerprint density at radius 3 is 2.94 bits per heavy atom. The zero-order valence-electron chi connectivity index (χ0n) is 8.11. The molecule has 1 aromatic carbocycles. The standard InChI is InChI=1S/C10H6ClN3O2/c11-8-5-10-9(15-6-16-10)4-7(8)2-1-3-13-14-12/h4-5H,3,6H2. The summed E-state index contributed by atoms with van der Waals surface area (Å²) in [6.45, 7) is 0.308. The van der Waals surface area contributed by atoms with Crippen LogP contribution in [0.3, 0.4) is 0 Å². The summed E-state index contributed by atoms with van der Waals surface area (Å²) in [6.07, 6.45) is 0. The minimum absolute atomic E-state index is 0.112. The van der Waals surface area contributed by atoms with Crippen molar-refractivity contribution in [1.82, 2.24) is 0 Å². The van der Waals surface area contributed by atoms with Crippen LogP contribution in [0.2, 0.25) is 5.02 Å². The van der Waals surface area contributed by atoms with E-state index in [9.17, 15) is 0 Å². The van der Waals surface area contributed by atoms with Crippen LogP contribution in [0.4, 0.5) is 0 Å². The minimum atomic E-state index is 0.112. The molecule has 0 saturated heterocycles. The first kappa shape index (κ1) is 10.5. The van der Waals surface area contributed by atoms with Crippen LogP contribution < -0.4 is 9.47 Å². The van der Waals surface area contributed by atoms with E-state index in [1.165, 1.54) is 0 Å². The highest BCUT2D eigenvalue weighted by Gasteiger charge is 2.15. The van der Waals surface area contributed by atoms with E-state index in [2.05, 4.69) is 21.9 Å². The molecule has 1 aromatic rings. The van der Waals surface area contributed by atoms with Crippen molar-refractivity contribution in [2.75, 3.05) is 13.3 Å². The lowest BCUT2D eigenvalue weighted by Gasteiger charge is -1.99. The SMILES string of the molecule is [N-]=[N+]=NCC#Cc1cc2c(cc1Cl)OCO2. The zero-order valence-corrected chi connectivity index (χ0v) is 8.86. The van der Waals surface area contributed by atoms with Crippen molar-refractivity contribution < 1.29 is 9.47 Å². The number of rotatable bonds is 1. The van der Waals surface area contributed by atoms with Gasteiger partial charge in [-0.2, -0.15) is 0 Å². The average Bonchev–Trinajstić information content (AvgIpc) is 2.71.